The number of hydrogen-bond donors (Lipinski definition) is 0. The zero-order valence-corrected chi connectivity index (χ0v) is 27.9. The number of fused-ring (bicyclic) bond motifs is 1. The van der Waals surface area contributed by atoms with Gasteiger partial charge in [0.25, 0.3) is 5.56 Å². The first-order chi connectivity index (χ1) is 21.1. The number of benzene rings is 4. The van der Waals surface area contributed by atoms with Crippen LogP contribution in [0.15, 0.2) is 81.1 Å². The van der Waals surface area contributed by atoms with Gasteiger partial charge in [-0.2, -0.15) is 9.78 Å². The van der Waals surface area contributed by atoms with Gasteiger partial charge in [-0.1, -0.05) is 55.2 Å². The highest BCUT2D eigenvalue weighted by Gasteiger charge is 2.19. The number of nitrogens with zero attached hydrogens (tertiary/aromatic N) is 3. The first kappa shape index (κ1) is 31.6. The van der Waals surface area contributed by atoms with Crippen molar-refractivity contribution in [2.75, 3.05) is 14.2 Å². The first-order valence-corrected chi connectivity index (χ1v) is 15.4. The lowest BCUT2D eigenvalue weighted by molar-refractivity contribution is 0.282. The lowest BCUT2D eigenvalue weighted by Crippen LogP contribution is -2.20. The van der Waals surface area contributed by atoms with Crippen molar-refractivity contribution in [2.45, 2.75) is 33.3 Å². The second-order valence-electron chi connectivity index (χ2n) is 10.4. The molecule has 0 aliphatic rings. The molecule has 4 aromatic carbocycles. The van der Waals surface area contributed by atoms with Crippen LogP contribution in [0.3, 0.4) is 0 Å². The number of hydrogen-bond acceptors (Lipinski definition) is 6. The molecule has 0 saturated carbocycles. The number of halogens is 3. The minimum Gasteiger partial charge on any atom is -0.496 e. The Bertz CT molecular complexity index is 1960. The molecule has 10 heteroatoms. The van der Waals surface area contributed by atoms with Crippen LogP contribution in [-0.2, 0) is 6.61 Å². The standard InChI is InChI=1S/C34H30BrCl2N3O4/c1-19(2)24-16-25(20(3)12-30(24)42-4)33-39-29-9-7-6-8-23(29)34(41)40(33)38-17-22-13-26(35)32(31(15-22)43-5)44-18-21-10-11-27(36)28(37)14-21/h6-17,19H,18H2,1-5H3. The fourth-order valence-electron chi connectivity index (χ4n) is 4.84. The first-order valence-electron chi connectivity index (χ1n) is 13.8. The molecule has 0 amide bonds. The number of rotatable bonds is 9. The van der Waals surface area contributed by atoms with Gasteiger partial charge in [-0.25, -0.2) is 4.98 Å². The van der Waals surface area contributed by atoms with Crippen LogP contribution in [0.25, 0.3) is 22.3 Å². The highest BCUT2D eigenvalue weighted by Crippen LogP contribution is 2.38. The van der Waals surface area contributed by atoms with Crippen LogP contribution in [0, 0.1) is 6.92 Å². The Morgan fingerprint density at radius 3 is 2.43 bits per heavy atom. The molecule has 0 bridgehead atoms. The Labute approximate surface area is 274 Å². The van der Waals surface area contributed by atoms with Gasteiger partial charge >= 0.3 is 0 Å². The summed E-state index contributed by atoms with van der Waals surface area (Å²) in [6, 6.07) is 20.2. The molecule has 0 unspecified atom stereocenters. The number of methoxy groups -OCH3 is 2. The largest absolute Gasteiger partial charge is 0.496 e. The molecule has 5 aromatic rings. The highest BCUT2D eigenvalue weighted by atomic mass is 79.9. The number of aryl methyl sites for hydroxylation is 1. The molecule has 0 spiro atoms. The van der Waals surface area contributed by atoms with Crippen LogP contribution in [0.1, 0.15) is 42.0 Å². The second kappa shape index (κ2) is 13.4. The molecule has 0 aliphatic heterocycles. The van der Waals surface area contributed by atoms with Crippen LogP contribution in [-0.4, -0.2) is 30.1 Å². The third kappa shape index (κ3) is 6.48. The highest BCUT2D eigenvalue weighted by molar-refractivity contribution is 9.10. The molecule has 0 aliphatic carbocycles. The van der Waals surface area contributed by atoms with E-state index < -0.39 is 0 Å². The van der Waals surface area contributed by atoms with Gasteiger partial charge in [-0.3, -0.25) is 4.79 Å². The monoisotopic (exact) mass is 693 g/mol. The van der Waals surface area contributed by atoms with Gasteiger partial charge in [-0.15, -0.1) is 0 Å². The molecule has 1 heterocycles. The van der Waals surface area contributed by atoms with Crippen molar-refractivity contribution in [2.24, 2.45) is 5.10 Å². The number of aromatic nitrogens is 2. The van der Waals surface area contributed by atoms with Crippen LogP contribution < -0.4 is 19.8 Å². The molecule has 226 valence electrons. The van der Waals surface area contributed by atoms with Crippen molar-refractivity contribution < 1.29 is 14.2 Å². The summed E-state index contributed by atoms with van der Waals surface area (Å²) in [6.45, 7) is 6.41. The van der Waals surface area contributed by atoms with Crippen molar-refractivity contribution in [3.63, 3.8) is 0 Å². The van der Waals surface area contributed by atoms with E-state index >= 15 is 0 Å². The summed E-state index contributed by atoms with van der Waals surface area (Å²) >= 11 is 15.8. The number of ether oxygens (including phenoxy) is 3. The van der Waals surface area contributed by atoms with Crippen LogP contribution in [0.5, 0.6) is 17.2 Å². The van der Waals surface area contributed by atoms with Gasteiger partial charge in [0.2, 0.25) is 0 Å². The van der Waals surface area contributed by atoms with E-state index in [0.717, 1.165) is 28.0 Å². The Balaban J connectivity index is 1.57. The Kier molecular flexibility index (Phi) is 9.63. The summed E-state index contributed by atoms with van der Waals surface area (Å²) in [6.07, 6.45) is 1.60. The van der Waals surface area contributed by atoms with E-state index in [1.807, 2.05) is 49.4 Å². The van der Waals surface area contributed by atoms with Gasteiger partial charge in [-0.05, 0) is 99.6 Å². The third-order valence-corrected chi connectivity index (χ3v) is 8.46. The van der Waals surface area contributed by atoms with Crippen molar-refractivity contribution in [1.82, 2.24) is 9.66 Å². The fraction of sp³-hybridized carbons (Fsp3) is 0.206. The predicted molar refractivity (Wildman–Crippen MR) is 181 cm³/mol. The van der Waals surface area contributed by atoms with Crippen molar-refractivity contribution >= 4 is 56.2 Å². The van der Waals surface area contributed by atoms with Gasteiger partial charge in [0.15, 0.2) is 17.3 Å². The second-order valence-corrected chi connectivity index (χ2v) is 12.1. The Morgan fingerprint density at radius 2 is 1.73 bits per heavy atom. The topological polar surface area (TPSA) is 74.9 Å². The van der Waals surface area contributed by atoms with Crippen LogP contribution >= 0.6 is 39.1 Å². The fourth-order valence-corrected chi connectivity index (χ4v) is 5.73. The number of para-hydroxylation sites is 1. The Hall–Kier alpha value is -3.85. The minimum absolute atomic E-state index is 0.190. The van der Waals surface area contributed by atoms with Crippen molar-refractivity contribution in [3.05, 3.63) is 114 Å². The predicted octanol–water partition coefficient (Wildman–Crippen LogP) is 9.04. The lowest BCUT2D eigenvalue weighted by atomic mass is 9.96. The van der Waals surface area contributed by atoms with E-state index in [1.165, 1.54) is 4.68 Å². The molecule has 0 atom stereocenters. The average molecular weight is 695 g/mol. The van der Waals surface area contributed by atoms with Crippen LogP contribution in [0.2, 0.25) is 10.0 Å². The molecular weight excluding hydrogens is 665 g/mol. The quantitative estimate of drug-likeness (QED) is 0.144. The van der Waals surface area contributed by atoms with Gasteiger partial charge < -0.3 is 14.2 Å². The summed E-state index contributed by atoms with van der Waals surface area (Å²) in [5, 5.41) is 6.05. The van der Waals surface area contributed by atoms with Gasteiger partial charge in [0.05, 0.1) is 45.9 Å². The SMILES string of the molecule is COc1cc(C)c(-c2nc3ccccc3c(=O)n2N=Cc2cc(Br)c(OCc3ccc(Cl)c(Cl)c3)c(OC)c2)cc1C(C)C. The third-order valence-electron chi connectivity index (χ3n) is 7.13. The molecule has 1 aromatic heterocycles. The maximum Gasteiger partial charge on any atom is 0.282 e. The summed E-state index contributed by atoms with van der Waals surface area (Å²) in [5.41, 5.74) is 4.55. The molecule has 5 rings (SSSR count). The van der Waals surface area contributed by atoms with Crippen molar-refractivity contribution in [1.29, 1.82) is 0 Å². The summed E-state index contributed by atoms with van der Waals surface area (Å²) in [5.74, 6) is 2.40. The average Bonchev–Trinajstić information content (AvgIpc) is 3.01. The summed E-state index contributed by atoms with van der Waals surface area (Å²) in [4.78, 5) is 18.7. The lowest BCUT2D eigenvalue weighted by Gasteiger charge is -2.17. The maximum absolute atomic E-state index is 13.8. The van der Waals surface area contributed by atoms with E-state index in [4.69, 9.17) is 42.4 Å². The molecule has 44 heavy (non-hydrogen) atoms. The molecule has 0 fully saturated rings. The molecule has 0 radical (unpaired) electrons. The van der Waals surface area contributed by atoms with E-state index in [1.54, 1.807) is 44.7 Å². The minimum atomic E-state index is -0.282. The van der Waals surface area contributed by atoms with Crippen LogP contribution in [0.4, 0.5) is 0 Å². The summed E-state index contributed by atoms with van der Waals surface area (Å²) < 4.78 is 19.4. The Morgan fingerprint density at radius 1 is 0.977 bits per heavy atom. The van der Waals surface area contributed by atoms with E-state index in [0.29, 0.717) is 48.3 Å². The van der Waals surface area contributed by atoms with Crippen molar-refractivity contribution in [3.8, 4) is 28.6 Å². The summed E-state index contributed by atoms with van der Waals surface area (Å²) in [7, 11) is 3.22. The molecular formula is C34H30BrCl2N3O4. The zero-order valence-electron chi connectivity index (χ0n) is 24.8. The maximum atomic E-state index is 13.8. The smallest absolute Gasteiger partial charge is 0.282 e. The van der Waals surface area contributed by atoms with E-state index in [2.05, 4.69) is 34.9 Å². The zero-order chi connectivity index (χ0) is 31.5. The normalized spacial score (nSPS) is 11.5. The molecule has 0 saturated heterocycles. The molecule has 0 N–H and O–H groups in total. The van der Waals surface area contributed by atoms with E-state index in [-0.39, 0.29) is 18.1 Å². The van der Waals surface area contributed by atoms with E-state index in [9.17, 15) is 4.79 Å². The van der Waals surface area contributed by atoms with Gasteiger partial charge in [0.1, 0.15) is 12.4 Å². The molecule has 7 nitrogen and oxygen atoms in total. The van der Waals surface area contributed by atoms with Gasteiger partial charge in [0, 0.05) is 5.56 Å².